The molecule has 0 amide bonds. The minimum absolute atomic E-state index is 0. The Bertz CT molecular complexity index is 533. The van der Waals surface area contributed by atoms with E-state index in [1.165, 1.54) is 0 Å². The molecule has 1 atom stereocenters. The Labute approximate surface area is 169 Å². The normalized spacial score (nSPS) is 12.8. The molecule has 25 heavy (non-hydrogen) atoms. The Balaban J connectivity index is 0.00000576. The molecule has 0 aliphatic heterocycles. The fourth-order valence-corrected chi connectivity index (χ4v) is 2.13. The number of nitrogens with one attached hydrogen (secondary N) is 2. The molecule has 1 rings (SSSR count). The standard InChI is InChI=1S/C19H31N3O2.HI/c1-5-7-8-12-21-19(20-6-2)22-14-18(23)16-10-9-11-17(13-16)24-15(3)4;/h5,7,9-11,13,15,18,23H,6,8,12,14H2,1-4H3,(H2,20,21,22);1H/b7-5+;. The lowest BCUT2D eigenvalue weighted by molar-refractivity contribution is 0.185. The lowest BCUT2D eigenvalue weighted by Crippen LogP contribution is -2.38. The van der Waals surface area contributed by atoms with E-state index in [9.17, 15) is 5.11 Å². The van der Waals surface area contributed by atoms with Gasteiger partial charge in [0.05, 0.1) is 18.8 Å². The highest BCUT2D eigenvalue weighted by atomic mass is 127. The van der Waals surface area contributed by atoms with Crippen LogP contribution in [0.25, 0.3) is 0 Å². The van der Waals surface area contributed by atoms with Crippen molar-refractivity contribution < 1.29 is 9.84 Å². The van der Waals surface area contributed by atoms with Crippen molar-refractivity contribution in [2.24, 2.45) is 4.99 Å². The molecule has 1 unspecified atom stereocenters. The Hall–Kier alpha value is -1.28. The van der Waals surface area contributed by atoms with Crippen LogP contribution in [0.1, 0.15) is 45.8 Å². The topological polar surface area (TPSA) is 65.9 Å². The van der Waals surface area contributed by atoms with Gasteiger partial charge in [-0.25, -0.2) is 0 Å². The Kier molecular flexibility index (Phi) is 13.2. The molecule has 0 heterocycles. The van der Waals surface area contributed by atoms with Crippen molar-refractivity contribution in [2.75, 3.05) is 19.6 Å². The van der Waals surface area contributed by atoms with Crippen LogP contribution in [-0.2, 0) is 0 Å². The largest absolute Gasteiger partial charge is 0.491 e. The maximum atomic E-state index is 10.4. The van der Waals surface area contributed by atoms with Gasteiger partial charge in [0.1, 0.15) is 5.75 Å². The van der Waals surface area contributed by atoms with Gasteiger partial charge in [-0.1, -0.05) is 24.3 Å². The molecule has 0 saturated carbocycles. The van der Waals surface area contributed by atoms with Crippen LogP contribution in [0.3, 0.4) is 0 Å². The first-order valence-electron chi connectivity index (χ1n) is 8.64. The van der Waals surface area contributed by atoms with Crippen LogP contribution in [0.2, 0.25) is 0 Å². The molecule has 5 nitrogen and oxygen atoms in total. The van der Waals surface area contributed by atoms with Crippen molar-refractivity contribution in [2.45, 2.75) is 46.3 Å². The third-order valence-electron chi connectivity index (χ3n) is 3.22. The molecule has 3 N–H and O–H groups in total. The third kappa shape index (κ3) is 10.3. The van der Waals surface area contributed by atoms with Crippen molar-refractivity contribution >= 4 is 29.9 Å². The van der Waals surface area contributed by atoms with E-state index in [2.05, 4.69) is 21.7 Å². The number of benzene rings is 1. The van der Waals surface area contributed by atoms with E-state index < -0.39 is 6.10 Å². The lowest BCUT2D eigenvalue weighted by atomic mass is 10.1. The number of rotatable bonds is 9. The predicted molar refractivity (Wildman–Crippen MR) is 116 cm³/mol. The van der Waals surface area contributed by atoms with Gasteiger partial charge in [-0.2, -0.15) is 0 Å². The summed E-state index contributed by atoms with van der Waals surface area (Å²) in [7, 11) is 0. The molecule has 0 radical (unpaired) electrons. The number of guanidine groups is 1. The minimum atomic E-state index is -0.660. The first kappa shape index (κ1) is 23.7. The number of aliphatic hydroxyl groups is 1. The second-order valence-corrected chi connectivity index (χ2v) is 5.76. The number of ether oxygens (including phenoxy) is 1. The summed E-state index contributed by atoms with van der Waals surface area (Å²) in [5.74, 6) is 1.48. The molecule has 0 bridgehead atoms. The van der Waals surface area contributed by atoms with Crippen LogP contribution in [-0.4, -0.2) is 36.8 Å². The predicted octanol–water partition coefficient (Wildman–Crippen LogP) is 3.65. The first-order valence-corrected chi connectivity index (χ1v) is 8.64. The quantitative estimate of drug-likeness (QED) is 0.173. The van der Waals surface area contributed by atoms with E-state index in [0.717, 1.165) is 36.8 Å². The van der Waals surface area contributed by atoms with Gasteiger partial charge in [-0.05, 0) is 51.8 Å². The zero-order valence-corrected chi connectivity index (χ0v) is 18.0. The summed E-state index contributed by atoms with van der Waals surface area (Å²) in [6.45, 7) is 9.88. The highest BCUT2D eigenvalue weighted by molar-refractivity contribution is 14.0. The number of nitrogens with zero attached hydrogens (tertiary/aromatic N) is 1. The highest BCUT2D eigenvalue weighted by Crippen LogP contribution is 2.20. The number of hydrogen-bond donors (Lipinski definition) is 3. The molecule has 0 aliphatic rings. The molecule has 1 aromatic rings. The second kappa shape index (κ2) is 13.9. The average Bonchev–Trinajstić information content (AvgIpc) is 2.55. The van der Waals surface area contributed by atoms with Crippen LogP contribution in [0.5, 0.6) is 5.75 Å². The fourth-order valence-electron chi connectivity index (χ4n) is 2.13. The summed E-state index contributed by atoms with van der Waals surface area (Å²) in [4.78, 5) is 4.46. The average molecular weight is 461 g/mol. The van der Waals surface area contributed by atoms with Crippen molar-refractivity contribution in [3.8, 4) is 5.75 Å². The van der Waals surface area contributed by atoms with E-state index >= 15 is 0 Å². The van der Waals surface area contributed by atoms with Gasteiger partial charge < -0.3 is 20.5 Å². The molecule has 1 aromatic carbocycles. The van der Waals surface area contributed by atoms with Gasteiger partial charge in [0.15, 0.2) is 5.96 Å². The molecule has 0 aromatic heterocycles. The molecule has 0 aliphatic carbocycles. The molecule has 142 valence electrons. The number of allylic oxidation sites excluding steroid dienone is 1. The van der Waals surface area contributed by atoms with E-state index in [4.69, 9.17) is 4.74 Å². The summed E-state index contributed by atoms with van der Waals surface area (Å²) < 4.78 is 5.67. The maximum absolute atomic E-state index is 10.4. The number of aliphatic imine (C=N–C) groups is 1. The number of halogens is 1. The summed E-state index contributed by atoms with van der Waals surface area (Å²) in [5.41, 5.74) is 0.807. The van der Waals surface area contributed by atoms with Crippen LogP contribution in [0.15, 0.2) is 41.4 Å². The lowest BCUT2D eigenvalue weighted by Gasteiger charge is -2.15. The molecule has 0 spiro atoms. The zero-order valence-electron chi connectivity index (χ0n) is 15.7. The van der Waals surface area contributed by atoms with Crippen LogP contribution in [0.4, 0.5) is 0 Å². The minimum Gasteiger partial charge on any atom is -0.491 e. The zero-order chi connectivity index (χ0) is 17.8. The Morgan fingerprint density at radius 2 is 2.08 bits per heavy atom. The molecular formula is C19H32IN3O2. The Morgan fingerprint density at radius 1 is 1.32 bits per heavy atom. The van der Waals surface area contributed by atoms with Gasteiger partial charge in [0.2, 0.25) is 0 Å². The fraction of sp³-hybridized carbons (Fsp3) is 0.526. The monoisotopic (exact) mass is 461 g/mol. The van der Waals surface area contributed by atoms with Gasteiger partial charge in [-0.15, -0.1) is 24.0 Å². The SMILES string of the molecule is C/C=C/CCNC(=NCC(O)c1cccc(OC(C)C)c1)NCC.I. The van der Waals surface area contributed by atoms with Crippen LogP contribution >= 0.6 is 24.0 Å². The van der Waals surface area contributed by atoms with E-state index in [1.54, 1.807) is 0 Å². The maximum Gasteiger partial charge on any atom is 0.191 e. The number of aliphatic hydroxyl groups excluding tert-OH is 1. The van der Waals surface area contributed by atoms with Crippen molar-refractivity contribution in [1.82, 2.24) is 10.6 Å². The van der Waals surface area contributed by atoms with Gasteiger partial charge >= 0.3 is 0 Å². The molecule has 6 heteroatoms. The third-order valence-corrected chi connectivity index (χ3v) is 3.22. The second-order valence-electron chi connectivity index (χ2n) is 5.76. The van der Waals surface area contributed by atoms with E-state index in [-0.39, 0.29) is 30.1 Å². The molecule has 0 saturated heterocycles. The molecular weight excluding hydrogens is 429 g/mol. The summed E-state index contributed by atoms with van der Waals surface area (Å²) in [6.07, 6.45) is 4.52. The summed E-state index contributed by atoms with van der Waals surface area (Å²) >= 11 is 0. The summed E-state index contributed by atoms with van der Waals surface area (Å²) in [6, 6.07) is 7.54. The van der Waals surface area contributed by atoms with Gasteiger partial charge in [0, 0.05) is 13.1 Å². The first-order chi connectivity index (χ1) is 11.6. The van der Waals surface area contributed by atoms with Gasteiger partial charge in [-0.3, -0.25) is 4.99 Å². The van der Waals surface area contributed by atoms with Crippen molar-refractivity contribution in [1.29, 1.82) is 0 Å². The van der Waals surface area contributed by atoms with Crippen molar-refractivity contribution in [3.63, 3.8) is 0 Å². The van der Waals surface area contributed by atoms with Crippen LogP contribution in [0, 0.1) is 0 Å². The van der Waals surface area contributed by atoms with Gasteiger partial charge in [0.25, 0.3) is 0 Å². The number of hydrogen-bond acceptors (Lipinski definition) is 3. The smallest absolute Gasteiger partial charge is 0.191 e. The van der Waals surface area contributed by atoms with E-state index in [1.807, 2.05) is 58.0 Å². The van der Waals surface area contributed by atoms with E-state index in [0.29, 0.717) is 6.54 Å². The Morgan fingerprint density at radius 3 is 2.72 bits per heavy atom. The van der Waals surface area contributed by atoms with Crippen LogP contribution < -0.4 is 15.4 Å². The van der Waals surface area contributed by atoms with Crippen molar-refractivity contribution in [3.05, 3.63) is 42.0 Å². The molecule has 0 fully saturated rings. The summed E-state index contributed by atoms with van der Waals surface area (Å²) in [5, 5.41) is 16.8. The highest BCUT2D eigenvalue weighted by Gasteiger charge is 2.09.